The standard InChI is InChI=1S/C28H16N2/c1-2-10-18-17(9-1)24-21-13-7-12-19-16-8-4-6-15-23(16)30(27(19)21)28(24)25-20-11-3-5-14-22(20)29-26(18)25/h1-15,29H. The number of nitrogens with zero attached hydrogens (tertiary/aromatic N) is 1. The lowest BCUT2D eigenvalue weighted by molar-refractivity contribution is 1.38. The van der Waals surface area contributed by atoms with E-state index in [4.69, 9.17) is 0 Å². The third-order valence-electron chi connectivity index (χ3n) is 6.83. The van der Waals surface area contributed by atoms with Gasteiger partial charge in [0.05, 0.1) is 22.1 Å². The predicted molar refractivity (Wildman–Crippen MR) is 128 cm³/mol. The lowest BCUT2D eigenvalue weighted by Crippen LogP contribution is -1.84. The molecule has 1 N–H and O–H groups in total. The molecule has 0 fully saturated rings. The number of nitrogens with one attached hydrogen (secondary N) is 1. The minimum absolute atomic E-state index is 1.19. The second kappa shape index (κ2) is 4.92. The van der Waals surface area contributed by atoms with Gasteiger partial charge in [0.1, 0.15) is 0 Å². The maximum absolute atomic E-state index is 3.74. The molecule has 0 saturated heterocycles. The van der Waals surface area contributed by atoms with Crippen LogP contribution in [0.4, 0.5) is 0 Å². The van der Waals surface area contributed by atoms with Crippen molar-refractivity contribution in [3.05, 3.63) is 91.0 Å². The van der Waals surface area contributed by atoms with E-state index in [1.54, 1.807) is 0 Å². The Morgan fingerprint density at radius 2 is 1.13 bits per heavy atom. The molecule has 0 aliphatic heterocycles. The van der Waals surface area contributed by atoms with E-state index in [1.165, 1.54) is 70.7 Å². The van der Waals surface area contributed by atoms with Crippen LogP contribution in [0.15, 0.2) is 91.0 Å². The fourth-order valence-corrected chi connectivity index (χ4v) is 5.71. The minimum atomic E-state index is 1.19. The summed E-state index contributed by atoms with van der Waals surface area (Å²) >= 11 is 0. The van der Waals surface area contributed by atoms with Gasteiger partial charge in [-0.2, -0.15) is 0 Å². The molecule has 138 valence electrons. The van der Waals surface area contributed by atoms with Crippen LogP contribution in [0, 0.1) is 0 Å². The third-order valence-corrected chi connectivity index (χ3v) is 6.83. The van der Waals surface area contributed by atoms with Crippen molar-refractivity contribution in [2.24, 2.45) is 0 Å². The van der Waals surface area contributed by atoms with E-state index in [-0.39, 0.29) is 0 Å². The Labute approximate surface area is 171 Å². The first kappa shape index (κ1) is 14.9. The summed E-state index contributed by atoms with van der Waals surface area (Å²) in [6.07, 6.45) is 0. The van der Waals surface area contributed by atoms with Crippen molar-refractivity contribution in [3.63, 3.8) is 0 Å². The number of aromatic nitrogens is 2. The van der Waals surface area contributed by atoms with E-state index < -0.39 is 0 Å². The van der Waals surface area contributed by atoms with E-state index in [0.717, 1.165) is 0 Å². The highest BCUT2D eigenvalue weighted by Crippen LogP contribution is 2.46. The summed E-state index contributed by atoms with van der Waals surface area (Å²) in [5.74, 6) is 0. The molecule has 0 unspecified atom stereocenters. The Bertz CT molecular complexity index is 1940. The van der Waals surface area contributed by atoms with Crippen molar-refractivity contribution in [2.75, 3.05) is 0 Å². The molecule has 2 heteroatoms. The zero-order valence-corrected chi connectivity index (χ0v) is 16.1. The van der Waals surface area contributed by atoms with Gasteiger partial charge in [-0.1, -0.05) is 78.9 Å². The van der Waals surface area contributed by atoms with Crippen LogP contribution in [0.25, 0.3) is 70.7 Å². The van der Waals surface area contributed by atoms with Crippen molar-refractivity contribution >= 4 is 70.7 Å². The molecule has 0 amide bonds. The Morgan fingerprint density at radius 1 is 0.467 bits per heavy atom. The number of hydrogen-bond donors (Lipinski definition) is 1. The van der Waals surface area contributed by atoms with Crippen LogP contribution < -0.4 is 0 Å². The summed E-state index contributed by atoms with van der Waals surface area (Å²) in [4.78, 5) is 3.74. The summed E-state index contributed by atoms with van der Waals surface area (Å²) in [5.41, 5.74) is 6.34. The van der Waals surface area contributed by atoms with Crippen LogP contribution in [0.3, 0.4) is 0 Å². The lowest BCUT2D eigenvalue weighted by atomic mass is 9.98. The zero-order valence-electron chi connectivity index (χ0n) is 16.1. The average Bonchev–Trinajstić information content (AvgIpc) is 3.46. The number of rotatable bonds is 0. The predicted octanol–water partition coefficient (Wildman–Crippen LogP) is 7.62. The summed E-state index contributed by atoms with van der Waals surface area (Å²) in [6, 6.07) is 33.0. The SMILES string of the molecule is c1ccc2c(c1)[nH]c1c3ccccc3c3c4cccc5c6ccccc6n(c54)c3c21. The van der Waals surface area contributed by atoms with E-state index in [0.29, 0.717) is 0 Å². The molecule has 0 radical (unpaired) electrons. The fourth-order valence-electron chi connectivity index (χ4n) is 5.71. The molecule has 0 bridgehead atoms. The van der Waals surface area contributed by atoms with Crippen molar-refractivity contribution in [1.82, 2.24) is 9.38 Å². The number of H-pyrrole nitrogens is 1. The highest BCUT2D eigenvalue weighted by Gasteiger charge is 2.22. The fraction of sp³-hybridized carbons (Fsp3) is 0. The number of benzene rings is 5. The largest absolute Gasteiger partial charge is 0.354 e. The highest BCUT2D eigenvalue weighted by atomic mass is 14.9. The van der Waals surface area contributed by atoms with Crippen LogP contribution in [-0.4, -0.2) is 9.38 Å². The molecule has 2 nitrogen and oxygen atoms in total. The first-order chi connectivity index (χ1) is 14.9. The molecule has 0 saturated carbocycles. The van der Waals surface area contributed by atoms with Gasteiger partial charge in [0.25, 0.3) is 0 Å². The van der Waals surface area contributed by atoms with Crippen molar-refractivity contribution < 1.29 is 0 Å². The number of hydrogen-bond acceptors (Lipinski definition) is 0. The van der Waals surface area contributed by atoms with Gasteiger partial charge in [0, 0.05) is 43.2 Å². The highest BCUT2D eigenvalue weighted by molar-refractivity contribution is 6.38. The summed E-state index contributed by atoms with van der Waals surface area (Å²) in [7, 11) is 0. The normalized spacial score (nSPS) is 12.7. The molecule has 8 rings (SSSR count). The molecular weight excluding hydrogens is 364 g/mol. The second-order valence-corrected chi connectivity index (χ2v) is 8.24. The molecule has 5 aromatic carbocycles. The van der Waals surface area contributed by atoms with Gasteiger partial charge >= 0.3 is 0 Å². The van der Waals surface area contributed by atoms with Crippen LogP contribution >= 0.6 is 0 Å². The number of para-hydroxylation sites is 3. The molecule has 0 spiro atoms. The van der Waals surface area contributed by atoms with E-state index in [1.807, 2.05) is 0 Å². The Morgan fingerprint density at radius 3 is 2.03 bits per heavy atom. The van der Waals surface area contributed by atoms with E-state index >= 15 is 0 Å². The summed E-state index contributed by atoms with van der Waals surface area (Å²) < 4.78 is 2.50. The second-order valence-electron chi connectivity index (χ2n) is 8.24. The van der Waals surface area contributed by atoms with Crippen molar-refractivity contribution in [2.45, 2.75) is 0 Å². The van der Waals surface area contributed by atoms with Crippen LogP contribution in [0.1, 0.15) is 0 Å². The monoisotopic (exact) mass is 380 g/mol. The quantitative estimate of drug-likeness (QED) is 0.279. The molecule has 0 aliphatic rings. The molecular formula is C28H16N2. The Hall–Kier alpha value is -4.04. The maximum Gasteiger partial charge on any atom is 0.0648 e. The molecule has 30 heavy (non-hydrogen) atoms. The van der Waals surface area contributed by atoms with Gasteiger partial charge in [-0.05, 0) is 17.5 Å². The van der Waals surface area contributed by atoms with Gasteiger partial charge in [-0.3, -0.25) is 0 Å². The first-order valence-electron chi connectivity index (χ1n) is 10.4. The number of fused-ring (bicyclic) bond motifs is 13. The molecule has 8 aromatic rings. The zero-order chi connectivity index (χ0) is 19.4. The van der Waals surface area contributed by atoms with Gasteiger partial charge in [-0.25, -0.2) is 0 Å². The minimum Gasteiger partial charge on any atom is -0.354 e. The Kier molecular flexibility index (Phi) is 2.44. The van der Waals surface area contributed by atoms with Crippen LogP contribution in [0.5, 0.6) is 0 Å². The van der Waals surface area contributed by atoms with Crippen LogP contribution in [-0.2, 0) is 0 Å². The lowest BCUT2D eigenvalue weighted by Gasteiger charge is -2.06. The third kappa shape index (κ3) is 1.53. The smallest absolute Gasteiger partial charge is 0.0648 e. The van der Waals surface area contributed by atoms with E-state index in [9.17, 15) is 0 Å². The van der Waals surface area contributed by atoms with Gasteiger partial charge < -0.3 is 9.38 Å². The van der Waals surface area contributed by atoms with E-state index in [2.05, 4.69) is 100 Å². The number of aromatic amines is 1. The summed E-state index contributed by atoms with van der Waals surface area (Å²) in [5, 5.41) is 10.5. The van der Waals surface area contributed by atoms with Gasteiger partial charge in [-0.15, -0.1) is 0 Å². The van der Waals surface area contributed by atoms with Gasteiger partial charge in [0.2, 0.25) is 0 Å². The molecule has 3 heterocycles. The van der Waals surface area contributed by atoms with Gasteiger partial charge in [0.15, 0.2) is 0 Å². The van der Waals surface area contributed by atoms with Crippen molar-refractivity contribution in [1.29, 1.82) is 0 Å². The summed E-state index contributed by atoms with van der Waals surface area (Å²) in [6.45, 7) is 0. The Balaban J connectivity index is 1.89. The molecule has 0 atom stereocenters. The molecule has 3 aromatic heterocycles. The maximum atomic E-state index is 3.74. The van der Waals surface area contributed by atoms with Crippen LogP contribution in [0.2, 0.25) is 0 Å². The van der Waals surface area contributed by atoms with Crippen molar-refractivity contribution in [3.8, 4) is 0 Å². The first-order valence-corrected chi connectivity index (χ1v) is 10.4. The topological polar surface area (TPSA) is 20.2 Å². The average molecular weight is 380 g/mol. The molecule has 0 aliphatic carbocycles.